The molecule has 0 bridgehead atoms. The van der Waals surface area contributed by atoms with Crippen molar-refractivity contribution in [2.75, 3.05) is 81.2 Å². The van der Waals surface area contributed by atoms with Crippen LogP contribution < -0.4 is 40.8 Å². The van der Waals surface area contributed by atoms with Crippen LogP contribution >= 0.6 is 11.6 Å². The van der Waals surface area contributed by atoms with Gasteiger partial charge in [0.2, 0.25) is 17.8 Å². The number of benzene rings is 2. The van der Waals surface area contributed by atoms with Gasteiger partial charge in [0.15, 0.2) is 18.2 Å². The van der Waals surface area contributed by atoms with Crippen molar-refractivity contribution in [2.45, 2.75) is 45.1 Å². The number of hydrogen-bond acceptors (Lipinski definition) is 13. The van der Waals surface area contributed by atoms with Crippen LogP contribution in [0, 0.1) is 11.8 Å². The molecule has 9 rings (SSSR count). The summed E-state index contributed by atoms with van der Waals surface area (Å²) < 4.78 is 15.3. The van der Waals surface area contributed by atoms with Gasteiger partial charge < -0.3 is 29.9 Å². The fourth-order valence-corrected chi connectivity index (χ4v) is 9.46. The van der Waals surface area contributed by atoms with E-state index in [1.165, 1.54) is 7.05 Å². The van der Waals surface area contributed by atoms with E-state index in [1.807, 2.05) is 42.9 Å². The maximum absolute atomic E-state index is 13.4. The van der Waals surface area contributed by atoms with Gasteiger partial charge in [-0.15, -0.1) is 0 Å². The Kier molecular flexibility index (Phi) is 10.9. The van der Waals surface area contributed by atoms with Crippen molar-refractivity contribution in [1.82, 2.24) is 39.8 Å². The number of piperidine rings is 2. The highest BCUT2D eigenvalue weighted by molar-refractivity contribution is 6.33. The Morgan fingerprint density at radius 1 is 1.03 bits per heavy atom. The molecule has 0 spiro atoms. The molecule has 4 atom stereocenters. The lowest BCUT2D eigenvalue weighted by atomic mass is 9.86. The summed E-state index contributed by atoms with van der Waals surface area (Å²) in [6.07, 6.45) is 3.42. The van der Waals surface area contributed by atoms with Crippen LogP contribution in [0.5, 0.6) is 11.5 Å². The standard InChI is InChI=1S/C43H50ClN11O6/c1-24-20-54(11-10-26(24)21-52-12-14-53(15-13-52)32-7-5-6-29-37(50-51(4)39(29)32)30-8-9-35(56)48-41(30)58)43-46-19-31(44)40(49-43)47-28-16-27-17-34(61-23-36(57)45-3)42(59)55-25(2)22-60-33(18-28)38(27)55/h5-7,16-19,24-26,30H,8-15,20-23H2,1-4H3,(H,45,57)(H,46,47,49)(H,48,56,58)/t24-,25+,26-,30?/m1/s1. The molecule has 4 aliphatic heterocycles. The molecular formula is C43H50ClN11O6. The molecule has 3 aromatic heterocycles. The van der Waals surface area contributed by atoms with Gasteiger partial charge in [-0.05, 0) is 49.8 Å². The van der Waals surface area contributed by atoms with Crippen molar-refractivity contribution in [2.24, 2.45) is 18.9 Å². The Labute approximate surface area is 357 Å². The first-order valence-corrected chi connectivity index (χ1v) is 21.3. The zero-order valence-corrected chi connectivity index (χ0v) is 35.5. The fraction of sp³-hybridized carbons (Fsp3) is 0.465. The molecule has 18 heteroatoms. The quantitative estimate of drug-likeness (QED) is 0.172. The van der Waals surface area contributed by atoms with Crippen molar-refractivity contribution in [3.05, 3.63) is 63.7 Å². The van der Waals surface area contributed by atoms with E-state index in [-0.39, 0.29) is 41.7 Å². The number of rotatable bonds is 10. The van der Waals surface area contributed by atoms with E-state index in [1.54, 1.807) is 16.8 Å². The number of fused-ring (bicyclic) bond motifs is 1. The van der Waals surface area contributed by atoms with Gasteiger partial charge in [-0.25, -0.2) is 4.98 Å². The third-order valence-electron chi connectivity index (χ3n) is 12.6. The van der Waals surface area contributed by atoms with Gasteiger partial charge in [0.25, 0.3) is 11.5 Å². The molecule has 7 heterocycles. The SMILES string of the molecule is CNC(=O)COc1cc2cc(Nc3nc(N4CC[C@H](CN5CCN(c6cccc7c(C8CCC(=O)NC8=O)nn(C)c67)CC5)[C@H](C)C4)ncc3Cl)cc3c2n(c1=O)[C@@H](C)CO3. The van der Waals surface area contributed by atoms with E-state index in [0.717, 1.165) is 74.5 Å². The number of aryl methyl sites for hydroxylation is 1. The number of piperazine rings is 1. The van der Waals surface area contributed by atoms with Gasteiger partial charge in [-0.3, -0.25) is 38.6 Å². The maximum Gasteiger partial charge on any atom is 0.293 e. The molecule has 0 aliphatic carbocycles. The zero-order valence-electron chi connectivity index (χ0n) is 34.7. The first kappa shape index (κ1) is 40.5. The molecule has 2 aromatic carbocycles. The highest BCUT2D eigenvalue weighted by Crippen LogP contribution is 2.39. The number of ether oxygens (including phenoxy) is 2. The molecule has 3 saturated heterocycles. The summed E-state index contributed by atoms with van der Waals surface area (Å²) in [4.78, 5) is 66.6. The third kappa shape index (κ3) is 7.80. The van der Waals surface area contributed by atoms with Gasteiger partial charge in [-0.2, -0.15) is 10.1 Å². The van der Waals surface area contributed by atoms with Crippen LogP contribution in [0.2, 0.25) is 5.02 Å². The van der Waals surface area contributed by atoms with Crippen LogP contribution in [0.15, 0.2) is 47.4 Å². The second-order valence-electron chi connectivity index (χ2n) is 16.7. The first-order chi connectivity index (χ1) is 29.4. The van der Waals surface area contributed by atoms with Gasteiger partial charge >= 0.3 is 0 Å². The number of pyridine rings is 1. The lowest BCUT2D eigenvalue weighted by Gasteiger charge is -2.42. The normalized spacial score (nSPS) is 22.0. The average Bonchev–Trinajstić information content (AvgIpc) is 3.59. The minimum atomic E-state index is -0.433. The lowest BCUT2D eigenvalue weighted by Crippen LogP contribution is -2.50. The van der Waals surface area contributed by atoms with E-state index >= 15 is 0 Å². The number of carbonyl (C=O) groups excluding carboxylic acids is 3. The summed E-state index contributed by atoms with van der Waals surface area (Å²) in [6.45, 7) is 10.5. The molecule has 61 heavy (non-hydrogen) atoms. The Bertz CT molecular complexity index is 2610. The predicted molar refractivity (Wildman–Crippen MR) is 232 cm³/mol. The predicted octanol–water partition coefficient (Wildman–Crippen LogP) is 3.96. The van der Waals surface area contributed by atoms with E-state index in [9.17, 15) is 19.2 Å². The summed E-state index contributed by atoms with van der Waals surface area (Å²) in [5, 5.41) is 15.2. The number of likely N-dealkylation sites (N-methyl/N-ethyl adjacent to an activating group) is 1. The number of nitrogens with zero attached hydrogens (tertiary/aromatic N) is 8. The lowest BCUT2D eigenvalue weighted by molar-refractivity contribution is -0.134. The fourth-order valence-electron chi connectivity index (χ4n) is 9.32. The molecule has 4 aliphatic rings. The Morgan fingerprint density at radius 3 is 2.62 bits per heavy atom. The van der Waals surface area contributed by atoms with Crippen molar-refractivity contribution < 1.29 is 23.9 Å². The highest BCUT2D eigenvalue weighted by atomic mass is 35.5. The molecule has 320 valence electrons. The van der Waals surface area contributed by atoms with Crippen molar-refractivity contribution in [3.63, 3.8) is 0 Å². The molecular weight excluding hydrogens is 802 g/mol. The third-order valence-corrected chi connectivity index (χ3v) is 12.9. The van der Waals surface area contributed by atoms with Crippen LogP contribution in [-0.2, 0) is 21.4 Å². The summed E-state index contributed by atoms with van der Waals surface area (Å²) in [6, 6.07) is 11.3. The molecule has 3 fully saturated rings. The number of anilines is 4. The molecule has 0 saturated carbocycles. The number of hydrogen-bond donors (Lipinski definition) is 3. The monoisotopic (exact) mass is 851 g/mol. The summed E-state index contributed by atoms with van der Waals surface area (Å²) in [5.74, 6) is 1.33. The number of amides is 3. The van der Waals surface area contributed by atoms with Crippen molar-refractivity contribution >= 4 is 74.3 Å². The number of carbonyl (C=O) groups is 3. The molecule has 0 radical (unpaired) electrons. The largest absolute Gasteiger partial charge is 0.489 e. The number of nitrogens with one attached hydrogen (secondary N) is 3. The Morgan fingerprint density at radius 2 is 1.85 bits per heavy atom. The number of para-hydroxylation sites is 1. The van der Waals surface area contributed by atoms with Crippen LogP contribution in [-0.4, -0.2) is 113 Å². The molecule has 5 aromatic rings. The van der Waals surface area contributed by atoms with E-state index < -0.39 is 5.92 Å². The van der Waals surface area contributed by atoms with Crippen LogP contribution in [0.3, 0.4) is 0 Å². The van der Waals surface area contributed by atoms with Crippen LogP contribution in [0.25, 0.3) is 21.8 Å². The summed E-state index contributed by atoms with van der Waals surface area (Å²) >= 11 is 6.67. The molecule has 3 N–H and O–H groups in total. The smallest absolute Gasteiger partial charge is 0.293 e. The maximum atomic E-state index is 13.4. The van der Waals surface area contributed by atoms with E-state index in [4.69, 9.17) is 31.2 Å². The second kappa shape index (κ2) is 16.5. The Balaban J connectivity index is 0.841. The summed E-state index contributed by atoms with van der Waals surface area (Å²) in [7, 11) is 3.44. The van der Waals surface area contributed by atoms with Gasteiger partial charge in [-0.1, -0.05) is 30.7 Å². The van der Waals surface area contributed by atoms with Crippen LogP contribution in [0.4, 0.5) is 23.1 Å². The average molecular weight is 852 g/mol. The second-order valence-corrected chi connectivity index (χ2v) is 17.1. The van der Waals surface area contributed by atoms with Gasteiger partial charge in [0.05, 0.1) is 40.6 Å². The number of halogens is 1. The minimum Gasteiger partial charge on any atom is -0.489 e. The van der Waals surface area contributed by atoms with E-state index in [0.29, 0.717) is 70.4 Å². The van der Waals surface area contributed by atoms with Crippen LogP contribution in [0.1, 0.15) is 50.8 Å². The topological polar surface area (TPSA) is 181 Å². The van der Waals surface area contributed by atoms with Crippen molar-refractivity contribution in [1.29, 1.82) is 0 Å². The summed E-state index contributed by atoms with van der Waals surface area (Å²) in [5.41, 5.74) is 3.86. The Hall–Kier alpha value is -5.94. The number of aromatic nitrogens is 5. The zero-order chi connectivity index (χ0) is 42.5. The van der Waals surface area contributed by atoms with Gasteiger partial charge in [0.1, 0.15) is 17.4 Å². The molecule has 1 unspecified atom stereocenters. The first-order valence-electron chi connectivity index (χ1n) is 21.0. The molecule has 17 nitrogen and oxygen atoms in total. The molecule has 3 amide bonds. The van der Waals surface area contributed by atoms with Crippen molar-refractivity contribution in [3.8, 4) is 11.5 Å². The number of imide groups is 1. The minimum absolute atomic E-state index is 0.0807. The van der Waals surface area contributed by atoms with Gasteiger partial charge in [0, 0.05) is 88.9 Å². The highest BCUT2D eigenvalue weighted by Gasteiger charge is 2.34. The van der Waals surface area contributed by atoms with E-state index in [2.05, 4.69) is 48.6 Å².